The van der Waals surface area contributed by atoms with Crippen LogP contribution in [0.3, 0.4) is 0 Å². The summed E-state index contributed by atoms with van der Waals surface area (Å²) >= 11 is 8.40. The molecular formula is C34H17ClN4S. The highest BCUT2D eigenvalue weighted by atomic mass is 35.5. The quantitative estimate of drug-likeness (QED) is 0.191. The molecule has 186 valence electrons. The molecule has 0 saturated heterocycles. The van der Waals surface area contributed by atoms with Gasteiger partial charge in [-0.25, -0.2) is 4.98 Å². The average molecular weight is 549 g/mol. The molecule has 6 heteroatoms. The Morgan fingerprint density at radius 3 is 1.98 bits per heavy atom. The number of rotatable bonds is 1. The van der Waals surface area contributed by atoms with Gasteiger partial charge in [0.25, 0.3) is 0 Å². The van der Waals surface area contributed by atoms with Gasteiger partial charge in [-0.05, 0) is 41.9 Å². The first-order valence-electron chi connectivity index (χ1n) is 13.2. The molecule has 0 N–H and O–H groups in total. The number of hydrogen-bond acceptors (Lipinski definition) is 3. The lowest BCUT2D eigenvalue weighted by atomic mass is 10.0. The Kier molecular flexibility index (Phi) is 3.85. The van der Waals surface area contributed by atoms with E-state index in [0.29, 0.717) is 0 Å². The summed E-state index contributed by atoms with van der Waals surface area (Å²) in [5.41, 5.74) is 6.83. The fraction of sp³-hybridized carbons (Fsp3) is 0. The Hall–Kier alpha value is -4.71. The van der Waals surface area contributed by atoms with Gasteiger partial charge < -0.3 is 4.40 Å². The van der Waals surface area contributed by atoms with E-state index in [2.05, 4.69) is 112 Å². The minimum absolute atomic E-state index is 0.254. The zero-order valence-electron chi connectivity index (χ0n) is 20.9. The van der Waals surface area contributed by atoms with Crippen molar-refractivity contribution in [1.82, 2.24) is 18.9 Å². The van der Waals surface area contributed by atoms with Crippen LogP contribution in [0.1, 0.15) is 0 Å². The molecule has 5 aromatic heterocycles. The molecule has 0 aliphatic rings. The smallest absolute Gasteiger partial charge is 0.225 e. The first-order valence-corrected chi connectivity index (χ1v) is 14.4. The molecule has 10 rings (SSSR count). The molecular weight excluding hydrogens is 532 g/mol. The Bertz CT molecular complexity index is 2680. The van der Waals surface area contributed by atoms with E-state index >= 15 is 0 Å². The van der Waals surface area contributed by atoms with Crippen molar-refractivity contribution in [3.05, 3.63) is 108 Å². The van der Waals surface area contributed by atoms with Crippen LogP contribution >= 0.6 is 22.9 Å². The third-order valence-corrected chi connectivity index (χ3v) is 9.72. The Morgan fingerprint density at radius 1 is 0.575 bits per heavy atom. The first kappa shape index (κ1) is 21.2. The van der Waals surface area contributed by atoms with Crippen LogP contribution in [0.25, 0.3) is 86.0 Å². The van der Waals surface area contributed by atoms with Crippen LogP contribution in [-0.4, -0.2) is 18.9 Å². The van der Waals surface area contributed by atoms with E-state index in [-0.39, 0.29) is 5.28 Å². The Labute approximate surface area is 235 Å². The number of aromatic nitrogens is 4. The number of halogens is 1. The molecule has 0 radical (unpaired) electrons. The zero-order chi connectivity index (χ0) is 26.1. The summed E-state index contributed by atoms with van der Waals surface area (Å²) in [7, 11) is 0. The van der Waals surface area contributed by atoms with E-state index in [1.54, 1.807) is 11.3 Å². The summed E-state index contributed by atoms with van der Waals surface area (Å²) < 4.78 is 6.97. The number of hydrogen-bond donors (Lipinski definition) is 0. The van der Waals surface area contributed by atoms with Gasteiger partial charge >= 0.3 is 0 Å². The van der Waals surface area contributed by atoms with Gasteiger partial charge in [-0.2, -0.15) is 4.98 Å². The van der Waals surface area contributed by atoms with Crippen LogP contribution < -0.4 is 0 Å². The summed E-state index contributed by atoms with van der Waals surface area (Å²) in [6.07, 6.45) is 0. The minimum atomic E-state index is 0.254. The molecule has 40 heavy (non-hydrogen) atoms. The van der Waals surface area contributed by atoms with Crippen LogP contribution in [0.15, 0.2) is 103 Å². The summed E-state index contributed by atoms with van der Waals surface area (Å²) in [4.78, 5) is 9.64. The molecule has 0 amide bonds. The third-order valence-electron chi connectivity index (χ3n) is 8.39. The molecule has 0 aliphatic heterocycles. The predicted octanol–water partition coefficient (Wildman–Crippen LogP) is 9.75. The minimum Gasteiger partial charge on any atom is -0.308 e. The normalized spacial score (nSPS) is 12.6. The van der Waals surface area contributed by atoms with Crippen LogP contribution in [-0.2, 0) is 0 Å². The summed E-state index contributed by atoms with van der Waals surface area (Å²) in [5.74, 6) is 0.824. The van der Waals surface area contributed by atoms with Crippen molar-refractivity contribution in [1.29, 1.82) is 0 Å². The molecule has 0 fully saturated rings. The maximum absolute atomic E-state index is 6.68. The maximum Gasteiger partial charge on any atom is 0.225 e. The van der Waals surface area contributed by atoms with Crippen molar-refractivity contribution in [2.75, 3.05) is 0 Å². The van der Waals surface area contributed by atoms with E-state index in [1.165, 1.54) is 53.6 Å². The second-order valence-electron chi connectivity index (χ2n) is 10.4. The molecule has 10 aromatic rings. The van der Waals surface area contributed by atoms with Gasteiger partial charge in [0.2, 0.25) is 5.28 Å². The monoisotopic (exact) mass is 548 g/mol. The lowest BCUT2D eigenvalue weighted by Gasteiger charge is -2.10. The van der Waals surface area contributed by atoms with Crippen molar-refractivity contribution in [2.24, 2.45) is 0 Å². The number of benzene rings is 5. The second-order valence-corrected chi connectivity index (χ2v) is 11.7. The molecule has 0 spiro atoms. The standard InChI is InChI=1S/C34H17ClN4S/c35-34-36-29-21-12-4-8-16-27(21)40-32(29)33(37-34)39-25-14-6-2-10-19(25)23-17-22-18-9-1-5-13-24(18)38-26-15-7-3-11-20(26)28(30(22)38)31(23)39/h1-17H. The van der Waals surface area contributed by atoms with Gasteiger partial charge in [0.05, 0.1) is 37.8 Å². The van der Waals surface area contributed by atoms with Crippen LogP contribution in [0.4, 0.5) is 0 Å². The van der Waals surface area contributed by atoms with Gasteiger partial charge in [-0.3, -0.25) is 4.57 Å². The van der Waals surface area contributed by atoms with Gasteiger partial charge in [-0.15, -0.1) is 11.3 Å². The molecule has 0 aliphatic carbocycles. The highest BCUT2D eigenvalue weighted by molar-refractivity contribution is 7.26. The van der Waals surface area contributed by atoms with Crippen LogP contribution in [0.2, 0.25) is 5.28 Å². The van der Waals surface area contributed by atoms with E-state index in [4.69, 9.17) is 21.6 Å². The van der Waals surface area contributed by atoms with Crippen molar-refractivity contribution in [3.8, 4) is 5.82 Å². The molecule has 0 bridgehead atoms. The zero-order valence-corrected chi connectivity index (χ0v) is 22.5. The van der Waals surface area contributed by atoms with E-state index in [1.807, 2.05) is 0 Å². The molecule has 5 heterocycles. The van der Waals surface area contributed by atoms with Gasteiger partial charge in [0, 0.05) is 42.4 Å². The van der Waals surface area contributed by atoms with Gasteiger partial charge in [0.15, 0.2) is 5.82 Å². The van der Waals surface area contributed by atoms with Crippen LogP contribution in [0, 0.1) is 0 Å². The maximum atomic E-state index is 6.68. The van der Waals surface area contributed by atoms with E-state index in [9.17, 15) is 0 Å². The largest absolute Gasteiger partial charge is 0.308 e. The number of nitrogens with zero attached hydrogens (tertiary/aromatic N) is 4. The van der Waals surface area contributed by atoms with Crippen molar-refractivity contribution in [2.45, 2.75) is 0 Å². The number of fused-ring (bicyclic) bond motifs is 13. The lowest BCUT2D eigenvalue weighted by molar-refractivity contribution is 1.08. The van der Waals surface area contributed by atoms with E-state index < -0.39 is 0 Å². The van der Waals surface area contributed by atoms with Crippen molar-refractivity contribution < 1.29 is 0 Å². The topological polar surface area (TPSA) is 35.1 Å². The number of para-hydroxylation sites is 3. The molecule has 5 aromatic carbocycles. The Morgan fingerprint density at radius 2 is 1.18 bits per heavy atom. The predicted molar refractivity (Wildman–Crippen MR) is 169 cm³/mol. The summed E-state index contributed by atoms with van der Waals surface area (Å²) in [5, 5.41) is 8.77. The molecule has 4 nitrogen and oxygen atoms in total. The van der Waals surface area contributed by atoms with Crippen molar-refractivity contribution >= 4 is 103 Å². The third kappa shape index (κ3) is 2.44. The van der Waals surface area contributed by atoms with Gasteiger partial charge in [-0.1, -0.05) is 72.8 Å². The van der Waals surface area contributed by atoms with E-state index in [0.717, 1.165) is 32.5 Å². The highest BCUT2D eigenvalue weighted by Gasteiger charge is 2.26. The fourth-order valence-corrected chi connectivity index (χ4v) is 8.16. The molecule has 0 unspecified atom stereocenters. The van der Waals surface area contributed by atoms with Gasteiger partial charge in [0.1, 0.15) is 0 Å². The van der Waals surface area contributed by atoms with Crippen molar-refractivity contribution in [3.63, 3.8) is 0 Å². The second kappa shape index (κ2) is 7.27. The van der Waals surface area contributed by atoms with Crippen LogP contribution in [0.5, 0.6) is 0 Å². The number of thiophene rings is 1. The Balaban J connectivity index is 1.54. The summed E-state index contributed by atoms with van der Waals surface area (Å²) in [6, 6.07) is 36.8. The SMILES string of the molecule is Clc1nc(-n2c3ccccc3c3cc4c5ccccc5n5c6ccccc6c(c32)c45)c2sc3ccccc3c2n1. The average Bonchev–Trinajstić information content (AvgIpc) is 3.72. The molecule has 0 saturated carbocycles. The highest BCUT2D eigenvalue weighted by Crippen LogP contribution is 2.47. The summed E-state index contributed by atoms with van der Waals surface area (Å²) in [6.45, 7) is 0. The lowest BCUT2D eigenvalue weighted by Crippen LogP contribution is -2.00. The molecule has 0 atom stereocenters. The first-order chi connectivity index (χ1) is 19.8. The fourth-order valence-electron chi connectivity index (χ4n) is 6.88.